The van der Waals surface area contributed by atoms with Gasteiger partial charge in [-0.15, -0.1) is 0 Å². The number of amides is 1. The van der Waals surface area contributed by atoms with Crippen LogP contribution in [0.2, 0.25) is 0 Å². The first-order valence-corrected chi connectivity index (χ1v) is 9.60. The van der Waals surface area contributed by atoms with E-state index in [2.05, 4.69) is 0 Å². The molecule has 1 amide bonds. The van der Waals surface area contributed by atoms with Gasteiger partial charge in [0.05, 0.1) is 19.4 Å². The van der Waals surface area contributed by atoms with E-state index in [0.717, 1.165) is 0 Å². The van der Waals surface area contributed by atoms with Gasteiger partial charge >= 0.3 is 0 Å². The van der Waals surface area contributed by atoms with E-state index in [1.165, 1.54) is 13.0 Å². The van der Waals surface area contributed by atoms with E-state index in [9.17, 15) is 14.0 Å². The van der Waals surface area contributed by atoms with Gasteiger partial charge in [0, 0.05) is 37.3 Å². The minimum atomic E-state index is -0.422. The van der Waals surface area contributed by atoms with Crippen molar-refractivity contribution >= 4 is 17.4 Å². The topological polar surface area (TPSA) is 59.1 Å². The number of anilines is 1. The highest BCUT2D eigenvalue weighted by molar-refractivity contribution is 5.95. The zero-order valence-electron chi connectivity index (χ0n) is 16.9. The number of hydrogen-bond donors (Lipinski definition) is 0. The number of methoxy groups -OCH3 is 1. The third-order valence-electron chi connectivity index (χ3n) is 4.97. The fraction of sp³-hybridized carbons (Fsp3) is 0.364. The van der Waals surface area contributed by atoms with Crippen LogP contribution in [0.3, 0.4) is 0 Å². The summed E-state index contributed by atoms with van der Waals surface area (Å²) in [5.41, 5.74) is 1.33. The molecule has 0 bridgehead atoms. The Balaban J connectivity index is 1.68. The van der Waals surface area contributed by atoms with Crippen LogP contribution in [0.25, 0.3) is 0 Å². The molecule has 0 N–H and O–H groups in total. The predicted octanol–water partition coefficient (Wildman–Crippen LogP) is 3.40. The normalized spacial score (nSPS) is 13.9. The fourth-order valence-corrected chi connectivity index (χ4v) is 3.39. The Morgan fingerprint density at radius 3 is 2.28 bits per heavy atom. The van der Waals surface area contributed by atoms with Crippen LogP contribution in [0.1, 0.15) is 34.6 Å². The summed E-state index contributed by atoms with van der Waals surface area (Å²) in [6, 6.07) is 9.65. The van der Waals surface area contributed by atoms with E-state index in [1.54, 1.807) is 42.3 Å². The van der Waals surface area contributed by atoms with Crippen molar-refractivity contribution in [2.45, 2.75) is 13.8 Å². The molecule has 7 heteroatoms. The quantitative estimate of drug-likeness (QED) is 0.696. The van der Waals surface area contributed by atoms with Crippen molar-refractivity contribution in [3.8, 4) is 11.5 Å². The summed E-state index contributed by atoms with van der Waals surface area (Å²) >= 11 is 0. The Labute approximate surface area is 169 Å². The molecule has 1 aliphatic heterocycles. The Bertz CT molecular complexity index is 908. The van der Waals surface area contributed by atoms with Crippen LogP contribution in [-0.2, 0) is 0 Å². The van der Waals surface area contributed by atoms with Crippen LogP contribution in [0.15, 0.2) is 36.4 Å². The lowest BCUT2D eigenvalue weighted by atomic mass is 10.1. The Hall–Kier alpha value is -3.09. The first kappa shape index (κ1) is 20.6. The van der Waals surface area contributed by atoms with E-state index in [1.807, 2.05) is 11.8 Å². The number of Topliss-reactive ketones (excluding diaryl/α,β-unsaturated/α-hetero) is 1. The molecule has 0 aromatic heterocycles. The monoisotopic (exact) mass is 400 g/mol. The number of rotatable bonds is 6. The maximum Gasteiger partial charge on any atom is 0.254 e. The lowest BCUT2D eigenvalue weighted by molar-refractivity contribution is 0.0746. The Kier molecular flexibility index (Phi) is 6.36. The number of halogens is 1. The summed E-state index contributed by atoms with van der Waals surface area (Å²) in [6.45, 7) is 5.73. The molecule has 2 aromatic carbocycles. The molecule has 6 nitrogen and oxygen atoms in total. The molecule has 0 saturated carbocycles. The number of carbonyl (C=O) groups is 2. The average Bonchev–Trinajstić information content (AvgIpc) is 2.73. The summed E-state index contributed by atoms with van der Waals surface area (Å²) in [4.78, 5) is 27.9. The minimum Gasteiger partial charge on any atom is -0.493 e. The molecule has 3 rings (SSSR count). The number of carbonyl (C=O) groups excluding carboxylic acids is 2. The van der Waals surface area contributed by atoms with Gasteiger partial charge in [-0.3, -0.25) is 9.59 Å². The van der Waals surface area contributed by atoms with Gasteiger partial charge in [0.15, 0.2) is 17.3 Å². The molecular weight excluding hydrogens is 375 g/mol. The molecular formula is C22H25FN2O4. The minimum absolute atomic E-state index is 0.0966. The first-order valence-electron chi connectivity index (χ1n) is 9.60. The Morgan fingerprint density at radius 2 is 1.69 bits per heavy atom. The van der Waals surface area contributed by atoms with Crippen LogP contribution < -0.4 is 14.4 Å². The number of piperazine rings is 1. The van der Waals surface area contributed by atoms with Gasteiger partial charge in [0.25, 0.3) is 5.91 Å². The first-order chi connectivity index (χ1) is 13.9. The van der Waals surface area contributed by atoms with E-state index in [4.69, 9.17) is 9.47 Å². The maximum absolute atomic E-state index is 14.4. The molecule has 0 aliphatic carbocycles. The molecule has 1 saturated heterocycles. The molecule has 0 unspecified atom stereocenters. The molecule has 1 heterocycles. The second kappa shape index (κ2) is 8.94. The zero-order valence-corrected chi connectivity index (χ0v) is 16.9. The molecule has 1 aliphatic rings. The van der Waals surface area contributed by atoms with E-state index in [0.29, 0.717) is 61.1 Å². The third kappa shape index (κ3) is 4.50. The van der Waals surface area contributed by atoms with E-state index >= 15 is 0 Å². The number of hydrogen-bond acceptors (Lipinski definition) is 5. The second-order valence-electron chi connectivity index (χ2n) is 6.80. The summed E-state index contributed by atoms with van der Waals surface area (Å²) in [5, 5.41) is 0. The van der Waals surface area contributed by atoms with E-state index < -0.39 is 5.82 Å². The van der Waals surface area contributed by atoms with Gasteiger partial charge < -0.3 is 19.3 Å². The average molecular weight is 400 g/mol. The second-order valence-corrected chi connectivity index (χ2v) is 6.80. The van der Waals surface area contributed by atoms with Crippen LogP contribution >= 0.6 is 0 Å². The summed E-state index contributed by atoms with van der Waals surface area (Å²) in [7, 11) is 1.56. The standard InChI is InChI=1S/C22H25FN2O4/c1-4-29-21-14-17(6-8-20(21)28-3)22(27)25-11-9-24(10-12-25)19-7-5-16(15(2)26)13-18(19)23/h5-8,13-14H,4,9-12H2,1-3H3. The van der Waals surface area contributed by atoms with Gasteiger partial charge in [0.2, 0.25) is 0 Å². The highest BCUT2D eigenvalue weighted by atomic mass is 19.1. The SMILES string of the molecule is CCOc1cc(C(=O)N2CCN(c3ccc(C(C)=O)cc3F)CC2)ccc1OC. The van der Waals surface area contributed by atoms with Crippen molar-refractivity contribution in [3.63, 3.8) is 0 Å². The highest BCUT2D eigenvalue weighted by Gasteiger charge is 2.24. The Morgan fingerprint density at radius 1 is 1.00 bits per heavy atom. The number of nitrogens with zero attached hydrogens (tertiary/aromatic N) is 2. The predicted molar refractivity (Wildman–Crippen MR) is 109 cm³/mol. The smallest absolute Gasteiger partial charge is 0.254 e. The van der Waals surface area contributed by atoms with Crippen LogP contribution in [0.4, 0.5) is 10.1 Å². The molecule has 2 aromatic rings. The van der Waals surface area contributed by atoms with Crippen molar-refractivity contribution in [3.05, 3.63) is 53.3 Å². The van der Waals surface area contributed by atoms with Crippen molar-refractivity contribution < 1.29 is 23.5 Å². The van der Waals surface area contributed by atoms with Crippen LogP contribution in [0.5, 0.6) is 11.5 Å². The zero-order chi connectivity index (χ0) is 21.0. The summed E-state index contributed by atoms with van der Waals surface area (Å²) < 4.78 is 25.2. The molecule has 0 radical (unpaired) electrons. The molecule has 0 atom stereocenters. The van der Waals surface area contributed by atoms with Crippen molar-refractivity contribution in [2.75, 3.05) is 44.8 Å². The van der Waals surface area contributed by atoms with Crippen molar-refractivity contribution in [1.29, 1.82) is 0 Å². The number of benzene rings is 2. The van der Waals surface area contributed by atoms with Crippen molar-refractivity contribution in [2.24, 2.45) is 0 Å². The lowest BCUT2D eigenvalue weighted by Crippen LogP contribution is -2.49. The van der Waals surface area contributed by atoms with Gasteiger partial charge in [-0.05, 0) is 50.2 Å². The number of ketones is 1. The van der Waals surface area contributed by atoms with Crippen LogP contribution in [0, 0.1) is 5.82 Å². The lowest BCUT2D eigenvalue weighted by Gasteiger charge is -2.36. The maximum atomic E-state index is 14.4. The summed E-state index contributed by atoms with van der Waals surface area (Å²) in [6.07, 6.45) is 0. The highest BCUT2D eigenvalue weighted by Crippen LogP contribution is 2.29. The van der Waals surface area contributed by atoms with Crippen LogP contribution in [-0.4, -0.2) is 56.5 Å². The largest absolute Gasteiger partial charge is 0.493 e. The van der Waals surface area contributed by atoms with Gasteiger partial charge in [-0.25, -0.2) is 4.39 Å². The van der Waals surface area contributed by atoms with Gasteiger partial charge in [0.1, 0.15) is 5.82 Å². The molecule has 0 spiro atoms. The molecule has 1 fully saturated rings. The van der Waals surface area contributed by atoms with Crippen molar-refractivity contribution in [1.82, 2.24) is 4.90 Å². The van der Waals surface area contributed by atoms with Gasteiger partial charge in [-0.2, -0.15) is 0 Å². The summed E-state index contributed by atoms with van der Waals surface area (Å²) in [5.74, 6) is 0.427. The molecule has 29 heavy (non-hydrogen) atoms. The third-order valence-corrected chi connectivity index (χ3v) is 4.97. The fourth-order valence-electron chi connectivity index (χ4n) is 3.39. The van der Waals surface area contributed by atoms with Gasteiger partial charge in [-0.1, -0.05) is 0 Å². The number of ether oxygens (including phenoxy) is 2. The van der Waals surface area contributed by atoms with E-state index in [-0.39, 0.29) is 11.7 Å². The molecule has 154 valence electrons.